The number of carbonyl (C=O) groups excluding carboxylic acids is 3. The summed E-state index contributed by atoms with van der Waals surface area (Å²) in [7, 11) is 0. The fraction of sp³-hybridized carbons (Fsp3) is 0.452. The lowest BCUT2D eigenvalue weighted by atomic mass is 9.82. The summed E-state index contributed by atoms with van der Waals surface area (Å²) in [5.41, 5.74) is 1.75. The zero-order valence-electron chi connectivity index (χ0n) is 22.9. The van der Waals surface area contributed by atoms with Crippen LogP contribution in [0.15, 0.2) is 60.7 Å². The summed E-state index contributed by atoms with van der Waals surface area (Å²) >= 11 is 0. The van der Waals surface area contributed by atoms with Gasteiger partial charge in [-0.05, 0) is 30.4 Å². The van der Waals surface area contributed by atoms with E-state index in [1.807, 2.05) is 52.3 Å². The quantitative estimate of drug-likeness (QED) is 0.458. The monoisotopic (exact) mass is 546 g/mol. The number of para-hydroxylation sites is 2. The molecule has 5 rings (SSSR count). The minimum Gasteiger partial charge on any atom is -0.508 e. The summed E-state index contributed by atoms with van der Waals surface area (Å²) in [5, 5.41) is 10.4. The molecule has 40 heavy (non-hydrogen) atoms. The Morgan fingerprint density at radius 1 is 1.00 bits per heavy atom. The van der Waals surface area contributed by atoms with Crippen LogP contribution in [0.2, 0.25) is 0 Å². The Hall–Kier alpha value is -3.85. The average Bonchev–Trinajstić information content (AvgIpc) is 2.98. The van der Waals surface area contributed by atoms with Crippen molar-refractivity contribution in [2.75, 3.05) is 52.4 Å². The number of benzene rings is 2. The molecule has 3 heterocycles. The molecule has 3 amide bonds. The van der Waals surface area contributed by atoms with Crippen molar-refractivity contribution in [3.8, 4) is 11.5 Å². The van der Waals surface area contributed by atoms with E-state index in [-0.39, 0.29) is 35.9 Å². The number of aromatic hydroxyl groups is 1. The van der Waals surface area contributed by atoms with Crippen LogP contribution in [-0.2, 0) is 27.5 Å². The van der Waals surface area contributed by atoms with E-state index in [0.29, 0.717) is 65.4 Å². The van der Waals surface area contributed by atoms with Crippen molar-refractivity contribution in [1.82, 2.24) is 19.6 Å². The lowest BCUT2D eigenvalue weighted by Crippen LogP contribution is -2.50. The van der Waals surface area contributed by atoms with Gasteiger partial charge in [-0.1, -0.05) is 48.6 Å². The van der Waals surface area contributed by atoms with E-state index in [1.165, 1.54) is 0 Å². The van der Waals surface area contributed by atoms with Gasteiger partial charge in [0, 0.05) is 69.9 Å². The molecule has 2 atom stereocenters. The van der Waals surface area contributed by atoms with Gasteiger partial charge in [-0.3, -0.25) is 19.3 Å². The minimum atomic E-state index is 0.0428. The molecule has 0 radical (unpaired) electrons. The van der Waals surface area contributed by atoms with Crippen LogP contribution in [-0.4, -0.2) is 95.4 Å². The predicted molar refractivity (Wildman–Crippen MR) is 150 cm³/mol. The Kier molecular flexibility index (Phi) is 9.01. The summed E-state index contributed by atoms with van der Waals surface area (Å²) < 4.78 is 6.15. The Morgan fingerprint density at radius 3 is 2.58 bits per heavy atom. The number of nitrogens with zero attached hydrogens (tertiary/aromatic N) is 4. The largest absolute Gasteiger partial charge is 0.508 e. The predicted octanol–water partition coefficient (Wildman–Crippen LogP) is 2.50. The molecular weight excluding hydrogens is 508 g/mol. The van der Waals surface area contributed by atoms with Crippen LogP contribution in [0.4, 0.5) is 0 Å². The molecule has 3 aliphatic rings. The van der Waals surface area contributed by atoms with Crippen molar-refractivity contribution in [2.45, 2.75) is 25.9 Å². The van der Waals surface area contributed by atoms with Crippen molar-refractivity contribution < 1.29 is 24.2 Å². The zero-order chi connectivity index (χ0) is 27.9. The van der Waals surface area contributed by atoms with E-state index < -0.39 is 0 Å². The number of hydrogen-bond donors (Lipinski definition) is 1. The van der Waals surface area contributed by atoms with Gasteiger partial charge in [0.1, 0.15) is 18.1 Å². The van der Waals surface area contributed by atoms with Gasteiger partial charge in [-0.2, -0.15) is 0 Å². The van der Waals surface area contributed by atoms with Crippen molar-refractivity contribution in [3.05, 3.63) is 71.8 Å². The van der Waals surface area contributed by atoms with Gasteiger partial charge in [0.25, 0.3) is 0 Å². The summed E-state index contributed by atoms with van der Waals surface area (Å²) in [5.74, 6) is 1.32. The van der Waals surface area contributed by atoms with Crippen molar-refractivity contribution >= 4 is 18.2 Å². The summed E-state index contributed by atoms with van der Waals surface area (Å²) in [6, 6.07) is 15.1. The first-order valence-electron chi connectivity index (χ1n) is 14.1. The van der Waals surface area contributed by atoms with Crippen LogP contribution in [0, 0.1) is 11.8 Å². The second kappa shape index (κ2) is 13.0. The van der Waals surface area contributed by atoms with Crippen molar-refractivity contribution in [2.24, 2.45) is 11.8 Å². The lowest BCUT2D eigenvalue weighted by Gasteiger charge is -2.39. The molecule has 2 saturated heterocycles. The molecular formula is C31H38N4O5. The van der Waals surface area contributed by atoms with Gasteiger partial charge >= 0.3 is 0 Å². The molecule has 2 aromatic carbocycles. The number of rotatable bonds is 5. The molecule has 9 nitrogen and oxygen atoms in total. The summed E-state index contributed by atoms with van der Waals surface area (Å²) in [6.07, 6.45) is 6.15. The number of piperidine rings is 1. The second-order valence-electron chi connectivity index (χ2n) is 10.9. The number of amides is 3. The average molecular weight is 547 g/mol. The Balaban J connectivity index is 1.33. The van der Waals surface area contributed by atoms with Crippen LogP contribution in [0.1, 0.15) is 24.0 Å². The highest BCUT2D eigenvalue weighted by atomic mass is 16.5. The van der Waals surface area contributed by atoms with Gasteiger partial charge < -0.3 is 24.5 Å². The molecule has 212 valence electrons. The molecule has 2 aromatic rings. The first-order chi connectivity index (χ1) is 19.5. The number of phenolic OH excluding ortho intramolecular Hbond substituents is 1. The van der Waals surface area contributed by atoms with Crippen LogP contribution in [0.3, 0.4) is 0 Å². The molecule has 0 saturated carbocycles. The highest BCUT2D eigenvalue weighted by Gasteiger charge is 2.33. The van der Waals surface area contributed by atoms with Gasteiger partial charge in [-0.15, -0.1) is 0 Å². The van der Waals surface area contributed by atoms with E-state index in [9.17, 15) is 19.5 Å². The SMILES string of the molecule is O=CN1CCN(C(=O)C[C@@H]2CCN3C[C@@H]2/C=C/COc2ccccc2CN(Cc2ccccc2O)CC3=O)CC1. The Labute approximate surface area is 235 Å². The maximum Gasteiger partial charge on any atom is 0.236 e. The smallest absolute Gasteiger partial charge is 0.236 e. The van der Waals surface area contributed by atoms with E-state index in [1.54, 1.807) is 17.0 Å². The lowest BCUT2D eigenvalue weighted by molar-refractivity contribution is -0.138. The number of piperazine rings is 1. The van der Waals surface area contributed by atoms with Gasteiger partial charge in [-0.25, -0.2) is 0 Å². The molecule has 9 heteroatoms. The molecule has 0 unspecified atom stereocenters. The standard InChI is InChI=1S/C31H38N4O5/c36-23-32-13-15-34(16-14-32)30(38)18-24-11-12-35-21-25(24)8-5-17-40-29-10-4-2-7-27(29)20-33(22-31(35)39)19-26-6-1-3-9-28(26)37/h1-10,23-25,37H,11-22H2/b8-5+/t24-,25-/m0/s1. The van der Waals surface area contributed by atoms with Crippen LogP contribution in [0.5, 0.6) is 11.5 Å². The molecule has 2 bridgehead atoms. The highest BCUT2D eigenvalue weighted by molar-refractivity contribution is 5.79. The van der Waals surface area contributed by atoms with Crippen LogP contribution < -0.4 is 4.74 Å². The number of phenols is 1. The fourth-order valence-corrected chi connectivity index (χ4v) is 5.89. The third-order valence-electron chi connectivity index (χ3n) is 8.24. The van der Waals surface area contributed by atoms with Crippen LogP contribution in [0.25, 0.3) is 0 Å². The molecule has 0 aliphatic carbocycles. The fourth-order valence-electron chi connectivity index (χ4n) is 5.89. The third kappa shape index (κ3) is 6.83. The van der Waals surface area contributed by atoms with Gasteiger partial charge in [0.15, 0.2) is 0 Å². The van der Waals surface area contributed by atoms with Gasteiger partial charge in [0.2, 0.25) is 18.2 Å². The first kappa shape index (κ1) is 27.7. The maximum absolute atomic E-state index is 13.6. The zero-order valence-corrected chi connectivity index (χ0v) is 22.9. The summed E-state index contributed by atoms with van der Waals surface area (Å²) in [4.78, 5) is 45.3. The van der Waals surface area contributed by atoms with Gasteiger partial charge in [0.05, 0.1) is 6.54 Å². The molecule has 2 fully saturated rings. The van der Waals surface area contributed by atoms with E-state index >= 15 is 0 Å². The normalized spacial score (nSPS) is 23.2. The van der Waals surface area contributed by atoms with Crippen LogP contribution >= 0.6 is 0 Å². The summed E-state index contributed by atoms with van der Waals surface area (Å²) in [6.45, 7) is 4.98. The van der Waals surface area contributed by atoms with Crippen molar-refractivity contribution in [1.29, 1.82) is 0 Å². The molecule has 3 aliphatic heterocycles. The highest BCUT2D eigenvalue weighted by Crippen LogP contribution is 2.30. The minimum absolute atomic E-state index is 0.0428. The Morgan fingerprint density at radius 2 is 1.77 bits per heavy atom. The third-order valence-corrected chi connectivity index (χ3v) is 8.24. The first-order valence-corrected chi connectivity index (χ1v) is 14.1. The number of carbonyl (C=O) groups is 3. The van der Waals surface area contributed by atoms with E-state index in [2.05, 4.69) is 11.0 Å². The van der Waals surface area contributed by atoms with E-state index in [0.717, 1.165) is 29.7 Å². The number of fused-ring (bicyclic) bond motifs is 3. The second-order valence-corrected chi connectivity index (χ2v) is 10.9. The van der Waals surface area contributed by atoms with Crippen molar-refractivity contribution in [3.63, 3.8) is 0 Å². The maximum atomic E-state index is 13.6. The number of hydrogen-bond acceptors (Lipinski definition) is 6. The molecule has 1 N–H and O–H groups in total. The molecule has 0 aromatic heterocycles. The molecule has 0 spiro atoms. The Bertz CT molecular complexity index is 1230. The topological polar surface area (TPSA) is 93.6 Å². The number of ether oxygens (including phenoxy) is 1. The van der Waals surface area contributed by atoms with E-state index in [4.69, 9.17) is 4.74 Å².